The largest absolute Gasteiger partial charge is 0.169 e. The van der Waals surface area contributed by atoms with Crippen LogP contribution in [0.2, 0.25) is 0 Å². The van der Waals surface area contributed by atoms with Gasteiger partial charge in [-0.05, 0) is 12.5 Å². The molecule has 1 heteroatoms. The smallest absolute Gasteiger partial charge is 0.0230 e. The third-order valence-corrected chi connectivity index (χ3v) is 0.604. The Morgan fingerprint density at radius 1 is 1.33 bits per heavy atom. The maximum atomic E-state index is 6.71. The predicted octanol–water partition coefficient (Wildman–Crippen LogP) is 3.81. The van der Waals surface area contributed by atoms with Gasteiger partial charge in [0.25, 0.3) is 0 Å². The highest BCUT2D eigenvalue weighted by molar-refractivity contribution is 7.97. The minimum absolute atomic E-state index is 0. The molecule has 0 saturated heterocycles. The number of hydrogen-bond acceptors (Lipinski definition) is 1. The molecule has 0 radical (unpaired) electrons. The van der Waals surface area contributed by atoms with Gasteiger partial charge < -0.3 is 0 Å². The molecule has 0 bridgehead atoms. The van der Waals surface area contributed by atoms with Gasteiger partial charge in [-0.15, -0.1) is 0 Å². The molecule has 0 atom stereocenters. The lowest BCUT2D eigenvalue weighted by atomic mass is 10.3. The van der Waals surface area contributed by atoms with E-state index in [9.17, 15) is 0 Å². The van der Waals surface area contributed by atoms with Crippen LogP contribution < -0.4 is 0 Å². The summed E-state index contributed by atoms with van der Waals surface area (Å²) in [5.41, 5.74) is 0. The zero-order valence-electron chi connectivity index (χ0n) is 7.24. The van der Waals surface area contributed by atoms with E-state index in [-0.39, 0.29) is 7.43 Å². The molecule has 0 aromatic carbocycles. The van der Waals surface area contributed by atoms with Crippen molar-refractivity contribution < 1.29 is 1.37 Å². The molecule has 0 fully saturated rings. The van der Waals surface area contributed by atoms with Gasteiger partial charge in [0.1, 0.15) is 0 Å². The molecule has 0 aliphatic heterocycles. The van der Waals surface area contributed by atoms with E-state index in [2.05, 4.69) is 6.92 Å². The van der Waals surface area contributed by atoms with Crippen molar-refractivity contribution in [2.45, 2.75) is 40.5 Å². The van der Waals surface area contributed by atoms with Gasteiger partial charge in [-0.1, -0.05) is 40.5 Å². The molecule has 0 N–H and O–H groups in total. The molecule has 0 nitrogen and oxygen atoms in total. The van der Waals surface area contributed by atoms with Gasteiger partial charge in [-0.3, -0.25) is 0 Å². The van der Waals surface area contributed by atoms with Crippen molar-refractivity contribution in [2.24, 2.45) is 0 Å². The van der Waals surface area contributed by atoms with Gasteiger partial charge in [0.2, 0.25) is 0 Å². The van der Waals surface area contributed by atoms with E-state index in [4.69, 9.17) is 1.37 Å². The summed E-state index contributed by atoms with van der Waals surface area (Å²) in [6, 6.07) is 0. The first-order valence-corrected chi connectivity index (χ1v) is 4.66. The molecule has 0 rings (SSSR count). The monoisotopic (exact) mass is 151 g/mol. The molecule has 0 spiro atoms. The van der Waals surface area contributed by atoms with Crippen LogP contribution in [0.3, 0.4) is 0 Å². The summed E-state index contributed by atoms with van der Waals surface area (Å²) >= 11 is 1.75. The van der Waals surface area contributed by atoms with E-state index in [1.807, 2.05) is 12.5 Å². The second-order valence-electron chi connectivity index (χ2n) is 1.62. The van der Waals surface area contributed by atoms with Gasteiger partial charge in [-0.25, -0.2) is 0 Å². The molecule has 0 heterocycles. The van der Waals surface area contributed by atoms with Crippen molar-refractivity contribution in [3.05, 3.63) is 0 Å². The Morgan fingerprint density at radius 2 is 1.78 bits per heavy atom. The number of thioether (sulfide) groups is 1. The molecule has 0 aromatic rings. The predicted molar refractivity (Wildman–Crippen MR) is 51.4 cm³/mol. The topological polar surface area (TPSA) is 0 Å². The van der Waals surface area contributed by atoms with E-state index in [0.29, 0.717) is 6.90 Å². The summed E-state index contributed by atoms with van der Waals surface area (Å²) in [4.78, 5) is 0. The van der Waals surface area contributed by atoms with E-state index in [0.717, 1.165) is 6.42 Å². The molecule has 0 aliphatic rings. The summed E-state index contributed by atoms with van der Waals surface area (Å²) < 4.78 is 6.71. The van der Waals surface area contributed by atoms with Gasteiger partial charge in [0.15, 0.2) is 0 Å². The fraction of sp³-hybridized carbons (Fsp3) is 1.00. The van der Waals surface area contributed by atoms with E-state index in [1.165, 1.54) is 12.8 Å². The molecule has 0 aromatic heterocycles. The number of rotatable bonds is 2. The highest BCUT2D eigenvalue weighted by atomic mass is 32.2. The lowest BCUT2D eigenvalue weighted by Gasteiger charge is -1.79. The van der Waals surface area contributed by atoms with E-state index >= 15 is 0 Å². The summed E-state index contributed by atoms with van der Waals surface area (Å²) in [6.45, 7) is 2.75. The molecule has 9 heavy (non-hydrogen) atoms. The standard InChI is InChI=1S/C5H12.C2H6S.CH4/c1-3-5-4-2;1-3-2;/h3-5H2,1-2H3;1-2H3;1H4/i1D;;. The Bertz CT molecular complexity index is 28.4. The first-order chi connectivity index (χ1) is 4.33. The van der Waals surface area contributed by atoms with Crippen molar-refractivity contribution in [2.75, 3.05) is 12.5 Å². The molecule has 0 aliphatic carbocycles. The van der Waals surface area contributed by atoms with Crippen molar-refractivity contribution in [3.8, 4) is 0 Å². The van der Waals surface area contributed by atoms with Gasteiger partial charge in [-0.2, -0.15) is 11.8 Å². The van der Waals surface area contributed by atoms with Crippen LogP contribution >= 0.6 is 11.8 Å². The Labute approximate surface area is 66.8 Å². The Kier molecular flexibility index (Phi) is 32.0. The highest BCUT2D eigenvalue weighted by Crippen LogP contribution is 1.88. The number of unbranched alkanes of at least 4 members (excludes halogenated alkanes) is 2. The molecule has 0 amide bonds. The van der Waals surface area contributed by atoms with Crippen LogP contribution in [-0.4, -0.2) is 12.5 Å². The summed E-state index contributed by atoms with van der Waals surface area (Å²) in [5.74, 6) is 0. The Morgan fingerprint density at radius 3 is 1.89 bits per heavy atom. The second kappa shape index (κ2) is 23.8. The first kappa shape index (κ1) is 12.1. The molecule has 0 saturated carbocycles. The van der Waals surface area contributed by atoms with Gasteiger partial charge >= 0.3 is 0 Å². The van der Waals surface area contributed by atoms with Crippen LogP contribution in [0.15, 0.2) is 0 Å². The summed E-state index contributed by atoms with van der Waals surface area (Å²) in [7, 11) is 0. The van der Waals surface area contributed by atoms with E-state index in [1.54, 1.807) is 11.8 Å². The summed E-state index contributed by atoms with van der Waals surface area (Å²) in [6.07, 6.45) is 7.62. The fourth-order valence-electron chi connectivity index (χ4n) is 0.250. The highest BCUT2D eigenvalue weighted by Gasteiger charge is 1.68. The lowest BCUT2D eigenvalue weighted by molar-refractivity contribution is 0.772. The molecule has 60 valence electrons. The van der Waals surface area contributed by atoms with Gasteiger partial charge in [0, 0.05) is 1.37 Å². The van der Waals surface area contributed by atoms with Crippen LogP contribution in [0.5, 0.6) is 0 Å². The normalized spacial score (nSPS) is 8.11. The van der Waals surface area contributed by atoms with Crippen LogP contribution in [0.1, 0.15) is 41.9 Å². The molecular weight excluding hydrogens is 128 g/mol. The van der Waals surface area contributed by atoms with Crippen LogP contribution in [-0.2, 0) is 0 Å². The fourth-order valence-corrected chi connectivity index (χ4v) is 0.250. The lowest BCUT2D eigenvalue weighted by Crippen LogP contribution is -1.59. The van der Waals surface area contributed by atoms with Crippen molar-refractivity contribution in [1.82, 2.24) is 0 Å². The minimum atomic E-state index is 0. The zero-order chi connectivity index (χ0) is 7.54. The zero-order valence-corrected chi connectivity index (χ0v) is 7.05. The minimum Gasteiger partial charge on any atom is -0.169 e. The van der Waals surface area contributed by atoms with Crippen molar-refractivity contribution in [3.63, 3.8) is 0 Å². The quantitative estimate of drug-likeness (QED) is 0.541. The second-order valence-corrected chi connectivity index (χ2v) is 2.43. The number of hydrogen-bond donors (Lipinski definition) is 0. The molecule has 0 unspecified atom stereocenters. The van der Waals surface area contributed by atoms with Crippen LogP contribution in [0, 0.1) is 0 Å². The van der Waals surface area contributed by atoms with Crippen LogP contribution in [0.4, 0.5) is 0 Å². The summed E-state index contributed by atoms with van der Waals surface area (Å²) in [5, 5.41) is 0. The third-order valence-electron chi connectivity index (χ3n) is 0.604. The Hall–Kier alpha value is 0.350. The Balaban J connectivity index is -0.000000107. The average molecular weight is 151 g/mol. The third kappa shape index (κ3) is 61.0. The van der Waals surface area contributed by atoms with E-state index < -0.39 is 0 Å². The average Bonchev–Trinajstić information content (AvgIpc) is 1.86. The van der Waals surface area contributed by atoms with Crippen LogP contribution in [0.25, 0.3) is 0 Å². The van der Waals surface area contributed by atoms with Crippen molar-refractivity contribution >= 4 is 11.8 Å². The molecular formula is C8H22S. The van der Waals surface area contributed by atoms with Gasteiger partial charge in [0.05, 0.1) is 0 Å². The first-order valence-electron chi connectivity index (χ1n) is 3.73. The van der Waals surface area contributed by atoms with Crippen molar-refractivity contribution in [1.29, 1.82) is 0 Å². The SMILES string of the molecule is C.CSC.[2H]CCCCC. The maximum absolute atomic E-state index is 6.71. The maximum Gasteiger partial charge on any atom is 0.0230 e.